The molecule has 0 saturated heterocycles. The maximum absolute atomic E-state index is 13.9. The van der Waals surface area contributed by atoms with E-state index >= 15 is 0 Å². The number of carbonyl (C=O) groups excluding carboxylic acids is 8. The number of guanidine groups is 1. The fourth-order valence-electron chi connectivity index (χ4n) is 6.07. The van der Waals surface area contributed by atoms with E-state index in [-0.39, 0.29) is 50.0 Å². The highest BCUT2D eigenvalue weighted by molar-refractivity contribution is 5.98. The second-order valence-corrected chi connectivity index (χ2v) is 16.9. The van der Waals surface area contributed by atoms with Crippen LogP contribution in [0.4, 0.5) is 0 Å². The number of nitrogens with two attached hydrogens (primary N) is 3. The SMILES string of the molecule is CC(C)C[C@H](NC(=O)[C@H](CCCN=C(N)N)NC(=O)[C@H](CO)NC(=O)CNC(=O)[C@H](CO)NC(=O)[C@@H](N)CC(C)C)C(=O)N[C@@H](CC(=O)O)C(=O)N[C@@H](CCC(=O)O)C(=O)N[C@H](C(=O)O)C(C)C. The highest BCUT2D eigenvalue weighted by Crippen LogP contribution is 2.10. The lowest BCUT2D eigenvalue weighted by atomic mass is 10.0. The van der Waals surface area contributed by atoms with Crippen LogP contribution < -0.4 is 59.7 Å². The van der Waals surface area contributed by atoms with Crippen LogP contribution in [0.15, 0.2) is 4.99 Å². The second kappa shape index (κ2) is 31.3. The maximum atomic E-state index is 13.9. The van der Waals surface area contributed by atoms with Gasteiger partial charge < -0.3 is 85.3 Å². The number of aliphatic imine (C=N–C) groups is 1. The molecule has 68 heavy (non-hydrogen) atoms. The Morgan fingerprint density at radius 3 is 1.47 bits per heavy atom. The van der Waals surface area contributed by atoms with Gasteiger partial charge in [0.1, 0.15) is 42.3 Å². The number of nitrogens with zero attached hydrogens (tertiary/aromatic N) is 1. The van der Waals surface area contributed by atoms with Gasteiger partial charge in [0.25, 0.3) is 0 Å². The Balaban J connectivity index is 6.34. The summed E-state index contributed by atoms with van der Waals surface area (Å²) in [6.45, 7) is 7.15. The van der Waals surface area contributed by atoms with Crippen LogP contribution in [0.5, 0.6) is 0 Å². The van der Waals surface area contributed by atoms with Gasteiger partial charge in [-0.1, -0.05) is 41.5 Å². The Kier molecular flexibility index (Phi) is 28.2. The summed E-state index contributed by atoms with van der Waals surface area (Å²) in [7, 11) is 0. The van der Waals surface area contributed by atoms with Gasteiger partial charge in [0.15, 0.2) is 5.96 Å². The third kappa shape index (κ3) is 24.7. The number of amides is 8. The van der Waals surface area contributed by atoms with E-state index in [1.54, 1.807) is 13.8 Å². The molecule has 0 aliphatic rings. The number of rotatable bonds is 33. The van der Waals surface area contributed by atoms with Gasteiger partial charge in [-0.05, 0) is 49.9 Å². The summed E-state index contributed by atoms with van der Waals surface area (Å²) in [5, 5.41) is 66.1. The van der Waals surface area contributed by atoms with Crippen molar-refractivity contribution < 1.29 is 78.3 Å². The number of carbonyl (C=O) groups is 11. The van der Waals surface area contributed by atoms with Crippen LogP contribution >= 0.6 is 0 Å². The topological polar surface area (TPSA) is 476 Å². The molecule has 0 aromatic rings. The number of aliphatic carboxylic acids is 3. The Hall–Kier alpha value is -6.68. The molecule has 0 rings (SSSR count). The van der Waals surface area contributed by atoms with Crippen LogP contribution in [-0.2, 0) is 52.7 Å². The molecule has 0 radical (unpaired) electrons. The first-order valence-electron chi connectivity index (χ1n) is 21.7. The standard InChI is InChI=1S/C40H70N12O16/c1-18(2)12-21(41)32(60)51-26(16-53)33(61)45-15-28(55)46-27(17-54)38(66)47-22(8-7-11-44-40(42)43)34(62)49-24(13-19(3)4)36(64)50-25(14-30(58)59)37(65)48-23(9-10-29(56)57)35(63)52-31(20(5)6)39(67)68/h18-27,31,53-54H,7-17,41H2,1-6H3,(H,45,61)(H,46,55)(H,47,66)(H,48,65)(H,49,62)(H,50,64)(H,51,60)(H,52,63)(H,56,57)(H,58,59)(H,67,68)(H4,42,43,44)/t21-,22-,23-,24-,25-,26-,27-,31-/m0/s1. The monoisotopic (exact) mass is 975 g/mol. The molecule has 386 valence electrons. The van der Waals surface area contributed by atoms with Gasteiger partial charge in [-0.25, -0.2) is 4.79 Å². The van der Waals surface area contributed by atoms with Gasteiger partial charge in [-0.15, -0.1) is 0 Å². The maximum Gasteiger partial charge on any atom is 0.326 e. The van der Waals surface area contributed by atoms with Crippen molar-refractivity contribution in [3.8, 4) is 0 Å². The summed E-state index contributed by atoms with van der Waals surface area (Å²) in [4.78, 5) is 144. The molecule has 19 N–H and O–H groups in total. The van der Waals surface area contributed by atoms with Gasteiger partial charge >= 0.3 is 17.9 Å². The largest absolute Gasteiger partial charge is 0.481 e. The Morgan fingerprint density at radius 2 is 0.985 bits per heavy atom. The minimum atomic E-state index is -1.94. The third-order valence-electron chi connectivity index (χ3n) is 9.58. The van der Waals surface area contributed by atoms with Crippen molar-refractivity contribution in [3.05, 3.63) is 0 Å². The van der Waals surface area contributed by atoms with E-state index in [0.717, 1.165) is 0 Å². The van der Waals surface area contributed by atoms with E-state index in [1.165, 1.54) is 13.8 Å². The normalized spacial score (nSPS) is 14.6. The minimum Gasteiger partial charge on any atom is -0.481 e. The van der Waals surface area contributed by atoms with E-state index in [1.807, 2.05) is 13.8 Å². The van der Waals surface area contributed by atoms with Crippen LogP contribution in [0.3, 0.4) is 0 Å². The number of aliphatic hydroxyl groups is 2. The Bertz CT molecular complexity index is 1790. The van der Waals surface area contributed by atoms with Crippen molar-refractivity contribution in [3.63, 3.8) is 0 Å². The van der Waals surface area contributed by atoms with E-state index in [0.29, 0.717) is 0 Å². The lowest BCUT2D eigenvalue weighted by Crippen LogP contribution is -2.60. The van der Waals surface area contributed by atoms with Gasteiger partial charge in [-0.3, -0.25) is 52.9 Å². The predicted molar refractivity (Wildman–Crippen MR) is 239 cm³/mol. The molecule has 28 heteroatoms. The van der Waals surface area contributed by atoms with E-state index < -0.39 is 158 Å². The molecule has 0 unspecified atom stereocenters. The van der Waals surface area contributed by atoms with Gasteiger partial charge in [0.05, 0.1) is 32.2 Å². The van der Waals surface area contributed by atoms with Crippen LogP contribution in [0, 0.1) is 17.8 Å². The smallest absolute Gasteiger partial charge is 0.326 e. The molecule has 0 spiro atoms. The fraction of sp³-hybridized carbons (Fsp3) is 0.700. The van der Waals surface area contributed by atoms with Crippen LogP contribution in [0.25, 0.3) is 0 Å². The van der Waals surface area contributed by atoms with Crippen molar-refractivity contribution in [2.45, 2.75) is 135 Å². The lowest BCUT2D eigenvalue weighted by molar-refractivity contribution is -0.144. The Morgan fingerprint density at radius 1 is 0.529 bits per heavy atom. The molecule has 8 amide bonds. The van der Waals surface area contributed by atoms with E-state index in [9.17, 15) is 78.3 Å². The summed E-state index contributed by atoms with van der Waals surface area (Å²) < 4.78 is 0. The molecule has 0 bridgehead atoms. The van der Waals surface area contributed by atoms with Crippen LogP contribution in [0.2, 0.25) is 0 Å². The van der Waals surface area contributed by atoms with Gasteiger partial charge in [0.2, 0.25) is 47.3 Å². The highest BCUT2D eigenvalue weighted by atomic mass is 16.4. The fourth-order valence-corrected chi connectivity index (χ4v) is 6.07. The van der Waals surface area contributed by atoms with Gasteiger partial charge in [0, 0.05) is 13.0 Å². The average molecular weight is 975 g/mol. The molecule has 8 atom stereocenters. The number of nitrogens with one attached hydrogen (secondary N) is 8. The minimum absolute atomic E-state index is 0.0340. The summed E-state index contributed by atoms with van der Waals surface area (Å²) in [6, 6.07) is -12.4. The van der Waals surface area contributed by atoms with Gasteiger partial charge in [-0.2, -0.15) is 0 Å². The lowest BCUT2D eigenvalue weighted by Gasteiger charge is -2.28. The van der Waals surface area contributed by atoms with Crippen molar-refractivity contribution in [1.29, 1.82) is 0 Å². The molecule has 0 aromatic carbocycles. The molecule has 0 saturated carbocycles. The van der Waals surface area contributed by atoms with Crippen LogP contribution in [-0.4, -0.2) is 171 Å². The molecule has 0 aliphatic heterocycles. The number of carboxylic acid groups (broad SMARTS) is 3. The zero-order valence-electron chi connectivity index (χ0n) is 39.0. The molecule has 28 nitrogen and oxygen atoms in total. The molecule has 0 aliphatic carbocycles. The predicted octanol–water partition coefficient (Wildman–Crippen LogP) is -5.97. The summed E-state index contributed by atoms with van der Waals surface area (Å²) in [5.41, 5.74) is 16.6. The average Bonchev–Trinajstić information content (AvgIpc) is 3.23. The number of hydrogen-bond acceptors (Lipinski definition) is 15. The van der Waals surface area contributed by atoms with Crippen molar-refractivity contribution in [1.82, 2.24) is 42.5 Å². The summed E-state index contributed by atoms with van der Waals surface area (Å²) in [5.74, 6) is -14.1. The quantitative estimate of drug-likeness (QED) is 0.0165. The van der Waals surface area contributed by atoms with Crippen molar-refractivity contribution in [2.24, 2.45) is 39.9 Å². The molecule has 0 aromatic heterocycles. The van der Waals surface area contributed by atoms with E-state index in [2.05, 4.69) is 47.5 Å². The zero-order valence-corrected chi connectivity index (χ0v) is 39.0. The Labute approximate surface area is 392 Å². The number of aliphatic hydroxyl groups excluding tert-OH is 2. The first kappa shape index (κ1) is 61.3. The highest BCUT2D eigenvalue weighted by Gasteiger charge is 2.35. The first-order chi connectivity index (χ1) is 31.6. The third-order valence-corrected chi connectivity index (χ3v) is 9.58. The zero-order chi connectivity index (χ0) is 52.4. The summed E-state index contributed by atoms with van der Waals surface area (Å²) in [6.07, 6.45) is -2.38. The number of hydrogen-bond donors (Lipinski definition) is 16. The van der Waals surface area contributed by atoms with Crippen molar-refractivity contribution >= 4 is 71.1 Å². The van der Waals surface area contributed by atoms with E-state index in [4.69, 9.17) is 17.2 Å². The number of carboxylic acids is 3. The van der Waals surface area contributed by atoms with Crippen LogP contribution in [0.1, 0.15) is 86.5 Å². The molecular weight excluding hydrogens is 905 g/mol. The second-order valence-electron chi connectivity index (χ2n) is 16.9. The summed E-state index contributed by atoms with van der Waals surface area (Å²) >= 11 is 0. The molecule has 0 fully saturated rings. The van der Waals surface area contributed by atoms with Crippen molar-refractivity contribution in [2.75, 3.05) is 26.3 Å². The first-order valence-corrected chi connectivity index (χ1v) is 21.7. The molecule has 0 heterocycles. The molecular formula is C40H70N12O16.